The molecule has 0 radical (unpaired) electrons. The Balaban J connectivity index is 1.92. The van der Waals surface area contributed by atoms with Gasteiger partial charge in [0.25, 0.3) is 0 Å². The fourth-order valence-corrected chi connectivity index (χ4v) is 1.39. The second-order valence-corrected chi connectivity index (χ2v) is 3.22. The van der Waals surface area contributed by atoms with Crippen LogP contribution in [0.4, 0.5) is 0 Å². The van der Waals surface area contributed by atoms with Crippen LogP contribution in [-0.2, 0) is 0 Å². The van der Waals surface area contributed by atoms with E-state index in [-0.39, 0.29) is 0 Å². The fourth-order valence-electron chi connectivity index (χ4n) is 1.39. The van der Waals surface area contributed by atoms with Crippen molar-refractivity contribution in [3.8, 4) is 11.5 Å². The van der Waals surface area contributed by atoms with E-state index in [2.05, 4.69) is 10.3 Å². The van der Waals surface area contributed by atoms with Gasteiger partial charge in [-0.1, -0.05) is 6.07 Å². The van der Waals surface area contributed by atoms with Gasteiger partial charge in [0.15, 0.2) is 0 Å². The summed E-state index contributed by atoms with van der Waals surface area (Å²) in [5.41, 5.74) is 0. The molecule has 1 aromatic carbocycles. The van der Waals surface area contributed by atoms with E-state index in [1.807, 2.05) is 24.3 Å². The summed E-state index contributed by atoms with van der Waals surface area (Å²) < 4.78 is 10.7. The summed E-state index contributed by atoms with van der Waals surface area (Å²) in [6.07, 6.45) is 0. The highest BCUT2D eigenvalue weighted by atomic mass is 16.5. The predicted molar refractivity (Wildman–Crippen MR) is 58.8 cm³/mol. The normalized spacial score (nSPS) is 14.3. The third-order valence-electron chi connectivity index (χ3n) is 2.16. The Morgan fingerprint density at radius 3 is 3.00 bits per heavy atom. The maximum Gasteiger partial charge on any atom is 0.145 e. The molecule has 0 amide bonds. The third-order valence-corrected chi connectivity index (χ3v) is 2.16. The minimum Gasteiger partial charge on any atom is -0.497 e. The molecule has 1 aromatic rings. The number of hydrogen-bond donors (Lipinski definition) is 1. The van der Waals surface area contributed by atoms with Crippen molar-refractivity contribution in [3.05, 3.63) is 24.3 Å². The summed E-state index contributed by atoms with van der Waals surface area (Å²) in [7, 11) is 1.64. The monoisotopic (exact) mass is 206 g/mol. The smallest absolute Gasteiger partial charge is 0.145 e. The van der Waals surface area contributed by atoms with E-state index < -0.39 is 0 Å². The van der Waals surface area contributed by atoms with Crippen LogP contribution >= 0.6 is 0 Å². The van der Waals surface area contributed by atoms with E-state index in [1.165, 1.54) is 0 Å². The number of nitrogens with one attached hydrogen (secondary N) is 1. The molecule has 1 aliphatic rings. The number of amidine groups is 1. The Labute approximate surface area is 88.9 Å². The highest BCUT2D eigenvalue weighted by Gasteiger charge is 2.05. The average Bonchev–Trinajstić information content (AvgIpc) is 2.79. The quantitative estimate of drug-likeness (QED) is 0.801. The van der Waals surface area contributed by atoms with Crippen molar-refractivity contribution in [2.24, 2.45) is 4.99 Å². The molecule has 1 aliphatic heterocycles. The molecule has 80 valence electrons. The molecule has 0 unspecified atom stereocenters. The minimum atomic E-state index is 0.493. The molecular weight excluding hydrogens is 192 g/mol. The molecule has 1 heterocycles. The SMILES string of the molecule is COc1cccc(OCC2=NCCN2)c1. The third kappa shape index (κ3) is 2.62. The van der Waals surface area contributed by atoms with Crippen LogP contribution in [0.1, 0.15) is 0 Å². The Morgan fingerprint density at radius 1 is 1.40 bits per heavy atom. The van der Waals surface area contributed by atoms with Crippen LogP contribution in [0, 0.1) is 0 Å². The first kappa shape index (κ1) is 9.83. The van der Waals surface area contributed by atoms with Crippen LogP contribution in [0.25, 0.3) is 0 Å². The molecule has 0 atom stereocenters. The van der Waals surface area contributed by atoms with Gasteiger partial charge in [-0.25, -0.2) is 0 Å². The number of aliphatic imine (C=N–C) groups is 1. The van der Waals surface area contributed by atoms with Gasteiger partial charge in [-0.05, 0) is 12.1 Å². The van der Waals surface area contributed by atoms with Crippen molar-refractivity contribution in [1.29, 1.82) is 0 Å². The molecule has 0 bridgehead atoms. The lowest BCUT2D eigenvalue weighted by Crippen LogP contribution is -2.24. The first-order valence-corrected chi connectivity index (χ1v) is 4.92. The molecule has 4 nitrogen and oxygen atoms in total. The predicted octanol–water partition coefficient (Wildman–Crippen LogP) is 1.08. The highest BCUT2D eigenvalue weighted by molar-refractivity contribution is 5.84. The standard InChI is InChI=1S/C11H14N2O2/c1-14-9-3-2-4-10(7-9)15-8-11-12-5-6-13-11/h2-4,7H,5-6,8H2,1H3,(H,12,13). The number of hydrogen-bond acceptors (Lipinski definition) is 4. The first-order valence-electron chi connectivity index (χ1n) is 4.92. The van der Waals surface area contributed by atoms with Crippen LogP contribution in [0.2, 0.25) is 0 Å². The Hall–Kier alpha value is -1.71. The number of benzene rings is 1. The molecule has 4 heteroatoms. The number of ether oxygens (including phenoxy) is 2. The maximum absolute atomic E-state index is 5.56. The second kappa shape index (κ2) is 4.68. The maximum atomic E-state index is 5.56. The van der Waals surface area contributed by atoms with Crippen molar-refractivity contribution in [3.63, 3.8) is 0 Å². The second-order valence-electron chi connectivity index (χ2n) is 3.22. The van der Waals surface area contributed by atoms with Gasteiger partial charge >= 0.3 is 0 Å². The minimum absolute atomic E-state index is 0.493. The molecule has 0 saturated carbocycles. The number of methoxy groups -OCH3 is 1. The van der Waals surface area contributed by atoms with Gasteiger partial charge in [0, 0.05) is 12.6 Å². The molecule has 0 aromatic heterocycles. The lowest BCUT2D eigenvalue weighted by molar-refractivity contribution is 0.366. The van der Waals surface area contributed by atoms with E-state index >= 15 is 0 Å². The highest BCUT2D eigenvalue weighted by Crippen LogP contribution is 2.18. The van der Waals surface area contributed by atoms with Crippen molar-refractivity contribution < 1.29 is 9.47 Å². The fraction of sp³-hybridized carbons (Fsp3) is 0.364. The van der Waals surface area contributed by atoms with E-state index in [1.54, 1.807) is 7.11 Å². The summed E-state index contributed by atoms with van der Waals surface area (Å²) in [5, 5.41) is 3.15. The lowest BCUT2D eigenvalue weighted by Gasteiger charge is -2.07. The number of nitrogens with zero attached hydrogens (tertiary/aromatic N) is 1. The van der Waals surface area contributed by atoms with Crippen LogP contribution < -0.4 is 14.8 Å². The zero-order valence-corrected chi connectivity index (χ0v) is 8.69. The van der Waals surface area contributed by atoms with Gasteiger partial charge in [-0.15, -0.1) is 0 Å². The molecule has 0 saturated heterocycles. The summed E-state index contributed by atoms with van der Waals surface area (Å²) in [6.45, 7) is 2.25. The van der Waals surface area contributed by atoms with Gasteiger partial charge in [-0.3, -0.25) is 4.99 Å². The lowest BCUT2D eigenvalue weighted by atomic mass is 10.3. The molecule has 0 spiro atoms. The summed E-state index contributed by atoms with van der Waals surface area (Å²) >= 11 is 0. The van der Waals surface area contributed by atoms with Crippen molar-refractivity contribution in [2.45, 2.75) is 0 Å². The zero-order chi connectivity index (χ0) is 10.5. The Bertz CT molecular complexity index is 363. The van der Waals surface area contributed by atoms with Crippen LogP contribution in [-0.4, -0.2) is 32.6 Å². The van der Waals surface area contributed by atoms with Crippen LogP contribution in [0.5, 0.6) is 11.5 Å². The molecule has 15 heavy (non-hydrogen) atoms. The largest absolute Gasteiger partial charge is 0.497 e. The summed E-state index contributed by atoms with van der Waals surface area (Å²) in [5.74, 6) is 2.51. The van der Waals surface area contributed by atoms with E-state index in [0.717, 1.165) is 30.4 Å². The molecule has 2 rings (SSSR count). The van der Waals surface area contributed by atoms with Gasteiger partial charge < -0.3 is 14.8 Å². The zero-order valence-electron chi connectivity index (χ0n) is 8.69. The Morgan fingerprint density at radius 2 is 2.27 bits per heavy atom. The van der Waals surface area contributed by atoms with E-state index in [9.17, 15) is 0 Å². The van der Waals surface area contributed by atoms with E-state index in [0.29, 0.717) is 6.61 Å². The van der Waals surface area contributed by atoms with Gasteiger partial charge in [0.2, 0.25) is 0 Å². The van der Waals surface area contributed by atoms with E-state index in [4.69, 9.17) is 9.47 Å². The van der Waals surface area contributed by atoms with Gasteiger partial charge in [-0.2, -0.15) is 0 Å². The summed E-state index contributed by atoms with van der Waals surface area (Å²) in [4.78, 5) is 4.24. The molecular formula is C11H14N2O2. The Kier molecular flexibility index (Phi) is 3.07. The topological polar surface area (TPSA) is 42.9 Å². The van der Waals surface area contributed by atoms with Crippen LogP contribution in [0.3, 0.4) is 0 Å². The molecule has 0 fully saturated rings. The van der Waals surface area contributed by atoms with Gasteiger partial charge in [0.05, 0.1) is 13.7 Å². The van der Waals surface area contributed by atoms with Crippen molar-refractivity contribution >= 4 is 5.84 Å². The van der Waals surface area contributed by atoms with Gasteiger partial charge in [0.1, 0.15) is 23.9 Å². The molecule has 0 aliphatic carbocycles. The van der Waals surface area contributed by atoms with Crippen molar-refractivity contribution in [2.75, 3.05) is 26.8 Å². The molecule has 1 N–H and O–H groups in total. The van der Waals surface area contributed by atoms with Crippen molar-refractivity contribution in [1.82, 2.24) is 5.32 Å². The first-order chi connectivity index (χ1) is 7.38. The summed E-state index contributed by atoms with van der Waals surface area (Å²) in [6, 6.07) is 7.55. The van der Waals surface area contributed by atoms with Crippen LogP contribution in [0.15, 0.2) is 29.3 Å². The number of rotatable bonds is 4. The average molecular weight is 206 g/mol.